The second-order valence-corrected chi connectivity index (χ2v) is 7.78. The molecule has 0 saturated carbocycles. The molecule has 0 atom stereocenters. The van der Waals surface area contributed by atoms with E-state index in [2.05, 4.69) is 20.2 Å². The molecule has 1 fully saturated rings. The lowest BCUT2D eigenvalue weighted by Crippen LogP contribution is -2.43. The Kier molecular flexibility index (Phi) is 6.58. The summed E-state index contributed by atoms with van der Waals surface area (Å²) in [4.78, 5) is 38.8. The van der Waals surface area contributed by atoms with Crippen molar-refractivity contribution in [3.63, 3.8) is 0 Å². The molecule has 148 valence electrons. The topological polar surface area (TPSA) is 104 Å². The van der Waals surface area contributed by atoms with Crippen molar-refractivity contribution < 1.29 is 14.4 Å². The van der Waals surface area contributed by atoms with Crippen molar-refractivity contribution in [2.24, 2.45) is 5.92 Å². The Bertz CT molecular complexity index is 862. The van der Waals surface area contributed by atoms with Crippen LogP contribution < -0.4 is 10.6 Å². The van der Waals surface area contributed by atoms with E-state index in [0.717, 1.165) is 24.4 Å². The number of piperidine rings is 1. The lowest BCUT2D eigenvalue weighted by Gasteiger charge is -2.31. The number of hydrogen-bond donors (Lipinski definition) is 2. The standard InChI is InChI=1S/C18H20ClN5O3S/c1-11-15(28-23-22-11)18(27)24-8-6-12(7-9-24)10-20-16(25)17(26)21-14-4-2-13(19)3-5-14/h2-5,12H,6-10H2,1H3,(H,20,25)(H,21,26). The SMILES string of the molecule is Cc1nnsc1C(=O)N1CCC(CNC(=O)C(=O)Nc2ccc(Cl)cc2)CC1. The molecule has 8 nitrogen and oxygen atoms in total. The summed E-state index contributed by atoms with van der Waals surface area (Å²) in [5, 5.41) is 9.62. The van der Waals surface area contributed by atoms with Gasteiger partial charge in [-0.2, -0.15) is 0 Å². The molecule has 2 heterocycles. The maximum Gasteiger partial charge on any atom is 0.313 e. The van der Waals surface area contributed by atoms with Crippen molar-refractivity contribution in [2.45, 2.75) is 19.8 Å². The molecule has 0 unspecified atom stereocenters. The smallest absolute Gasteiger partial charge is 0.313 e. The van der Waals surface area contributed by atoms with E-state index in [1.165, 1.54) is 0 Å². The van der Waals surface area contributed by atoms with Crippen molar-refractivity contribution in [1.82, 2.24) is 19.8 Å². The van der Waals surface area contributed by atoms with Crippen LogP contribution in [0.4, 0.5) is 5.69 Å². The number of aryl methyl sites for hydroxylation is 1. The third-order valence-corrected chi connectivity index (χ3v) is 5.68. The molecule has 3 rings (SSSR count). The Labute approximate surface area is 171 Å². The molecule has 0 bridgehead atoms. The third-order valence-electron chi connectivity index (χ3n) is 4.61. The van der Waals surface area contributed by atoms with E-state index in [1.54, 1.807) is 36.1 Å². The number of anilines is 1. The minimum Gasteiger partial charge on any atom is -0.348 e. The van der Waals surface area contributed by atoms with Crippen molar-refractivity contribution in [3.8, 4) is 0 Å². The van der Waals surface area contributed by atoms with Gasteiger partial charge in [-0.3, -0.25) is 14.4 Å². The molecule has 1 saturated heterocycles. The van der Waals surface area contributed by atoms with Crippen molar-refractivity contribution in [2.75, 3.05) is 25.0 Å². The second-order valence-electron chi connectivity index (χ2n) is 6.59. The highest BCUT2D eigenvalue weighted by Gasteiger charge is 2.26. The highest BCUT2D eigenvalue weighted by atomic mass is 35.5. The molecular formula is C18H20ClN5O3S. The number of nitrogens with zero attached hydrogens (tertiary/aromatic N) is 3. The number of amides is 3. The summed E-state index contributed by atoms with van der Waals surface area (Å²) >= 11 is 6.90. The minimum atomic E-state index is -0.719. The normalized spacial score (nSPS) is 14.6. The molecule has 28 heavy (non-hydrogen) atoms. The number of carbonyl (C=O) groups is 3. The molecule has 0 radical (unpaired) electrons. The van der Waals surface area contributed by atoms with Gasteiger partial charge in [-0.25, -0.2) is 0 Å². The van der Waals surface area contributed by atoms with Crippen LogP contribution in [0, 0.1) is 12.8 Å². The van der Waals surface area contributed by atoms with Gasteiger partial charge in [0.05, 0.1) is 5.69 Å². The molecule has 10 heteroatoms. The number of nitrogens with one attached hydrogen (secondary N) is 2. The summed E-state index contributed by atoms with van der Waals surface area (Å²) in [5.74, 6) is -1.22. The molecule has 0 aliphatic carbocycles. The average molecular weight is 422 g/mol. The van der Waals surface area contributed by atoms with Crippen LogP contribution in [0.15, 0.2) is 24.3 Å². The summed E-state index contributed by atoms with van der Waals surface area (Å²) in [5.41, 5.74) is 1.15. The van der Waals surface area contributed by atoms with Crippen molar-refractivity contribution in [3.05, 3.63) is 39.9 Å². The summed E-state index contributed by atoms with van der Waals surface area (Å²) in [6.07, 6.45) is 1.52. The average Bonchev–Trinajstić information content (AvgIpc) is 3.13. The fourth-order valence-corrected chi connectivity index (χ4v) is 3.70. The van der Waals surface area contributed by atoms with Gasteiger partial charge in [0.25, 0.3) is 5.91 Å². The highest BCUT2D eigenvalue weighted by molar-refractivity contribution is 7.07. The number of rotatable bonds is 4. The summed E-state index contributed by atoms with van der Waals surface area (Å²) in [6, 6.07) is 6.52. The monoisotopic (exact) mass is 421 g/mol. The van der Waals surface area contributed by atoms with Crippen LogP contribution in [0.1, 0.15) is 28.2 Å². The molecule has 3 amide bonds. The maximum atomic E-state index is 12.5. The van der Waals surface area contributed by atoms with Crippen LogP contribution in [0.5, 0.6) is 0 Å². The van der Waals surface area contributed by atoms with Gasteiger partial charge in [0.15, 0.2) is 0 Å². The fourth-order valence-electron chi connectivity index (χ4n) is 2.95. The first-order chi connectivity index (χ1) is 13.4. The second kappa shape index (κ2) is 9.11. The Morgan fingerprint density at radius 2 is 1.86 bits per heavy atom. The van der Waals surface area contributed by atoms with Crippen molar-refractivity contribution >= 4 is 46.5 Å². The summed E-state index contributed by atoms with van der Waals surface area (Å²) in [7, 11) is 0. The van der Waals surface area contributed by atoms with Gasteiger partial charge in [-0.05, 0) is 61.5 Å². The zero-order chi connectivity index (χ0) is 20.1. The molecule has 2 N–H and O–H groups in total. The Morgan fingerprint density at radius 3 is 2.46 bits per heavy atom. The quantitative estimate of drug-likeness (QED) is 0.735. The van der Waals surface area contributed by atoms with E-state index in [-0.39, 0.29) is 11.8 Å². The Hall–Kier alpha value is -2.52. The van der Waals surface area contributed by atoms with Gasteiger partial charge < -0.3 is 15.5 Å². The fraction of sp³-hybridized carbons (Fsp3) is 0.389. The van der Waals surface area contributed by atoms with Crippen molar-refractivity contribution in [1.29, 1.82) is 0 Å². The number of benzene rings is 1. The van der Waals surface area contributed by atoms with Crippen LogP contribution >= 0.6 is 23.1 Å². The molecule has 1 aromatic heterocycles. The first-order valence-electron chi connectivity index (χ1n) is 8.87. The van der Waals surface area contributed by atoms with E-state index in [9.17, 15) is 14.4 Å². The van der Waals surface area contributed by atoms with Crippen LogP contribution in [0.2, 0.25) is 5.02 Å². The lowest BCUT2D eigenvalue weighted by molar-refractivity contribution is -0.136. The predicted molar refractivity (Wildman–Crippen MR) is 106 cm³/mol. The summed E-state index contributed by atoms with van der Waals surface area (Å²) < 4.78 is 3.80. The number of aromatic nitrogens is 2. The van der Waals surface area contributed by atoms with E-state index in [1.807, 2.05) is 0 Å². The molecule has 1 aliphatic rings. The maximum absolute atomic E-state index is 12.5. The third kappa shape index (κ3) is 5.05. The van der Waals surface area contributed by atoms with Gasteiger partial charge >= 0.3 is 11.8 Å². The predicted octanol–water partition coefficient (Wildman–Crippen LogP) is 2.11. The van der Waals surface area contributed by atoms with Gasteiger partial charge in [-0.15, -0.1) is 5.10 Å². The van der Waals surface area contributed by atoms with Gasteiger partial charge in [-0.1, -0.05) is 16.1 Å². The number of carbonyl (C=O) groups excluding carboxylic acids is 3. The first kappa shape index (κ1) is 20.2. The zero-order valence-corrected chi connectivity index (χ0v) is 16.8. The molecular weight excluding hydrogens is 402 g/mol. The van der Waals surface area contributed by atoms with Crippen LogP contribution in [0.25, 0.3) is 0 Å². The minimum absolute atomic E-state index is 0.0441. The van der Waals surface area contributed by atoms with E-state index in [4.69, 9.17) is 11.6 Å². The van der Waals surface area contributed by atoms with Gasteiger partial charge in [0.1, 0.15) is 4.88 Å². The molecule has 0 spiro atoms. The van der Waals surface area contributed by atoms with Gasteiger partial charge in [0.2, 0.25) is 0 Å². The Morgan fingerprint density at radius 1 is 1.18 bits per heavy atom. The molecule has 2 aromatic rings. The highest BCUT2D eigenvalue weighted by Crippen LogP contribution is 2.20. The zero-order valence-electron chi connectivity index (χ0n) is 15.3. The molecule has 1 aliphatic heterocycles. The van der Waals surface area contributed by atoms with E-state index >= 15 is 0 Å². The Balaban J connectivity index is 1.41. The van der Waals surface area contributed by atoms with Crippen LogP contribution in [0.3, 0.4) is 0 Å². The first-order valence-corrected chi connectivity index (χ1v) is 10.0. The number of likely N-dealkylation sites (tertiary alicyclic amines) is 1. The number of hydrogen-bond acceptors (Lipinski definition) is 6. The van der Waals surface area contributed by atoms with Crippen LogP contribution in [-0.2, 0) is 9.59 Å². The van der Waals surface area contributed by atoms with Gasteiger partial charge in [0, 0.05) is 30.3 Å². The number of halogens is 1. The van der Waals surface area contributed by atoms with E-state index < -0.39 is 11.8 Å². The summed E-state index contributed by atoms with van der Waals surface area (Å²) in [6.45, 7) is 3.38. The van der Waals surface area contributed by atoms with E-state index in [0.29, 0.717) is 40.9 Å². The molecule has 1 aromatic carbocycles. The van der Waals surface area contributed by atoms with Crippen LogP contribution in [-0.4, -0.2) is 51.8 Å². The largest absolute Gasteiger partial charge is 0.348 e. The lowest BCUT2D eigenvalue weighted by atomic mass is 9.96.